The number of rotatable bonds is 8. The standard InChI is InChI=1S/C18H25N3O2/c1-4-11-21(3)18(22)17-13-16(23-19-17)14-20(2)12-10-15-8-6-5-7-9-15/h5-9,13H,4,10-12,14H2,1-3H3. The van der Waals surface area contributed by atoms with Crippen LogP contribution < -0.4 is 0 Å². The van der Waals surface area contributed by atoms with Gasteiger partial charge in [0.2, 0.25) is 0 Å². The molecule has 2 rings (SSSR count). The Hall–Kier alpha value is -2.14. The highest BCUT2D eigenvalue weighted by molar-refractivity contribution is 5.92. The molecule has 0 fully saturated rings. The zero-order chi connectivity index (χ0) is 16.7. The monoisotopic (exact) mass is 315 g/mol. The van der Waals surface area contributed by atoms with E-state index in [1.807, 2.05) is 20.0 Å². The van der Waals surface area contributed by atoms with E-state index in [0.29, 0.717) is 18.0 Å². The van der Waals surface area contributed by atoms with Crippen molar-refractivity contribution in [2.75, 3.05) is 27.2 Å². The maximum Gasteiger partial charge on any atom is 0.275 e. The highest BCUT2D eigenvalue weighted by Crippen LogP contribution is 2.09. The van der Waals surface area contributed by atoms with Gasteiger partial charge in [-0.15, -0.1) is 0 Å². The van der Waals surface area contributed by atoms with Crippen molar-refractivity contribution in [1.29, 1.82) is 0 Å². The predicted octanol–water partition coefficient (Wildman–Crippen LogP) is 2.83. The average molecular weight is 315 g/mol. The maximum atomic E-state index is 12.1. The summed E-state index contributed by atoms with van der Waals surface area (Å²) in [6.07, 6.45) is 1.91. The molecule has 0 radical (unpaired) electrons. The lowest BCUT2D eigenvalue weighted by molar-refractivity contribution is 0.0784. The van der Waals surface area contributed by atoms with Gasteiger partial charge in [-0.2, -0.15) is 0 Å². The van der Waals surface area contributed by atoms with Gasteiger partial charge in [0.25, 0.3) is 5.91 Å². The Balaban J connectivity index is 1.85. The minimum atomic E-state index is -0.0891. The van der Waals surface area contributed by atoms with Crippen LogP contribution in [-0.2, 0) is 13.0 Å². The Kier molecular flexibility index (Phi) is 6.35. The lowest BCUT2D eigenvalue weighted by Crippen LogP contribution is -2.27. The SMILES string of the molecule is CCCN(C)C(=O)c1cc(CN(C)CCc2ccccc2)on1. The molecule has 0 unspecified atom stereocenters. The molecular weight excluding hydrogens is 290 g/mol. The van der Waals surface area contributed by atoms with Crippen molar-refractivity contribution in [2.24, 2.45) is 0 Å². The number of carbonyl (C=O) groups excluding carboxylic acids is 1. The quantitative estimate of drug-likeness (QED) is 0.751. The lowest BCUT2D eigenvalue weighted by Gasteiger charge is -2.14. The summed E-state index contributed by atoms with van der Waals surface area (Å²) in [5.74, 6) is 0.627. The summed E-state index contributed by atoms with van der Waals surface area (Å²) < 4.78 is 5.30. The van der Waals surface area contributed by atoms with Crippen molar-refractivity contribution < 1.29 is 9.32 Å². The van der Waals surface area contributed by atoms with Crippen LogP contribution in [0.5, 0.6) is 0 Å². The number of aromatic nitrogens is 1. The smallest absolute Gasteiger partial charge is 0.275 e. The summed E-state index contributed by atoms with van der Waals surface area (Å²) in [6.45, 7) is 4.33. The molecule has 1 heterocycles. The first-order chi connectivity index (χ1) is 11.1. The molecule has 5 heteroatoms. The average Bonchev–Trinajstić information content (AvgIpc) is 3.02. The van der Waals surface area contributed by atoms with Crippen LogP contribution >= 0.6 is 0 Å². The molecule has 0 spiro atoms. The van der Waals surface area contributed by atoms with Gasteiger partial charge in [-0.1, -0.05) is 42.4 Å². The molecule has 5 nitrogen and oxygen atoms in total. The van der Waals surface area contributed by atoms with E-state index >= 15 is 0 Å². The number of hydrogen-bond acceptors (Lipinski definition) is 4. The highest BCUT2D eigenvalue weighted by Gasteiger charge is 2.16. The minimum absolute atomic E-state index is 0.0891. The lowest BCUT2D eigenvalue weighted by atomic mass is 10.1. The fourth-order valence-electron chi connectivity index (χ4n) is 2.43. The normalized spacial score (nSPS) is 11.0. The van der Waals surface area contributed by atoms with Gasteiger partial charge in [0.1, 0.15) is 0 Å². The van der Waals surface area contributed by atoms with E-state index < -0.39 is 0 Å². The van der Waals surface area contributed by atoms with Gasteiger partial charge in [-0.05, 0) is 25.5 Å². The maximum absolute atomic E-state index is 12.1. The number of amides is 1. The molecule has 0 N–H and O–H groups in total. The Morgan fingerprint density at radius 1 is 1.17 bits per heavy atom. The number of benzene rings is 1. The molecule has 0 atom stereocenters. The van der Waals surface area contributed by atoms with Gasteiger partial charge in [-0.25, -0.2) is 0 Å². The van der Waals surface area contributed by atoms with E-state index in [-0.39, 0.29) is 5.91 Å². The number of likely N-dealkylation sites (N-methyl/N-ethyl adjacent to an activating group) is 1. The van der Waals surface area contributed by atoms with E-state index in [1.165, 1.54) is 5.56 Å². The Morgan fingerprint density at radius 2 is 1.91 bits per heavy atom. The first-order valence-electron chi connectivity index (χ1n) is 8.03. The number of hydrogen-bond donors (Lipinski definition) is 0. The van der Waals surface area contributed by atoms with Gasteiger partial charge >= 0.3 is 0 Å². The Bertz CT molecular complexity index is 610. The van der Waals surface area contributed by atoms with Crippen LogP contribution in [0.15, 0.2) is 40.9 Å². The van der Waals surface area contributed by atoms with Crippen LogP contribution in [0.2, 0.25) is 0 Å². The second-order valence-corrected chi connectivity index (χ2v) is 5.88. The van der Waals surface area contributed by atoms with Crippen LogP contribution in [0.4, 0.5) is 0 Å². The zero-order valence-electron chi connectivity index (χ0n) is 14.2. The van der Waals surface area contributed by atoms with Crippen LogP contribution in [0.25, 0.3) is 0 Å². The first-order valence-corrected chi connectivity index (χ1v) is 8.03. The van der Waals surface area contributed by atoms with Crippen molar-refractivity contribution >= 4 is 5.91 Å². The van der Waals surface area contributed by atoms with Crippen molar-refractivity contribution in [1.82, 2.24) is 15.0 Å². The van der Waals surface area contributed by atoms with E-state index in [2.05, 4.69) is 34.3 Å². The van der Waals surface area contributed by atoms with Crippen molar-refractivity contribution in [2.45, 2.75) is 26.3 Å². The van der Waals surface area contributed by atoms with Crippen LogP contribution in [0.1, 0.15) is 35.2 Å². The second kappa shape index (κ2) is 8.48. The molecule has 0 bridgehead atoms. The topological polar surface area (TPSA) is 49.6 Å². The second-order valence-electron chi connectivity index (χ2n) is 5.88. The zero-order valence-corrected chi connectivity index (χ0v) is 14.2. The Morgan fingerprint density at radius 3 is 2.61 bits per heavy atom. The molecule has 1 amide bonds. The molecule has 0 saturated heterocycles. The van der Waals surface area contributed by atoms with Gasteiger partial charge < -0.3 is 9.42 Å². The summed E-state index contributed by atoms with van der Waals surface area (Å²) in [6, 6.07) is 12.1. The number of nitrogens with zero attached hydrogens (tertiary/aromatic N) is 3. The molecule has 0 saturated carbocycles. The van der Waals surface area contributed by atoms with Gasteiger partial charge in [-0.3, -0.25) is 9.69 Å². The predicted molar refractivity (Wildman–Crippen MR) is 90.2 cm³/mol. The molecule has 0 aliphatic rings. The molecule has 0 aliphatic heterocycles. The largest absolute Gasteiger partial charge is 0.359 e. The molecule has 124 valence electrons. The third-order valence-corrected chi connectivity index (χ3v) is 3.73. The van der Waals surface area contributed by atoms with E-state index in [0.717, 1.165) is 25.9 Å². The molecule has 23 heavy (non-hydrogen) atoms. The summed E-state index contributed by atoms with van der Waals surface area (Å²) in [4.78, 5) is 16.0. The van der Waals surface area contributed by atoms with Crippen LogP contribution in [-0.4, -0.2) is 48.0 Å². The van der Waals surface area contributed by atoms with Crippen LogP contribution in [0.3, 0.4) is 0 Å². The third kappa shape index (κ3) is 5.21. The molecular formula is C18H25N3O2. The summed E-state index contributed by atoms with van der Waals surface area (Å²) in [5, 5.41) is 3.90. The van der Waals surface area contributed by atoms with Crippen LogP contribution in [0, 0.1) is 0 Å². The molecule has 1 aromatic heterocycles. The highest BCUT2D eigenvalue weighted by atomic mass is 16.5. The molecule has 1 aromatic carbocycles. The summed E-state index contributed by atoms with van der Waals surface area (Å²) in [7, 11) is 3.82. The van der Waals surface area contributed by atoms with Crippen molar-refractivity contribution in [3.63, 3.8) is 0 Å². The Labute approximate surface area is 137 Å². The van der Waals surface area contributed by atoms with E-state index in [1.54, 1.807) is 18.0 Å². The number of carbonyl (C=O) groups is 1. The van der Waals surface area contributed by atoms with Gasteiger partial charge in [0.15, 0.2) is 11.5 Å². The van der Waals surface area contributed by atoms with Crippen molar-refractivity contribution in [3.8, 4) is 0 Å². The first kappa shape index (κ1) is 17.2. The van der Waals surface area contributed by atoms with E-state index in [9.17, 15) is 4.79 Å². The summed E-state index contributed by atoms with van der Waals surface area (Å²) in [5.41, 5.74) is 1.70. The fraction of sp³-hybridized carbons (Fsp3) is 0.444. The summed E-state index contributed by atoms with van der Waals surface area (Å²) >= 11 is 0. The third-order valence-electron chi connectivity index (χ3n) is 3.73. The van der Waals surface area contributed by atoms with Gasteiger partial charge in [0.05, 0.1) is 6.54 Å². The van der Waals surface area contributed by atoms with Gasteiger partial charge in [0, 0.05) is 26.2 Å². The molecule has 0 aliphatic carbocycles. The van der Waals surface area contributed by atoms with E-state index in [4.69, 9.17) is 4.52 Å². The minimum Gasteiger partial charge on any atom is -0.359 e. The molecule has 2 aromatic rings. The van der Waals surface area contributed by atoms with Crippen molar-refractivity contribution in [3.05, 3.63) is 53.4 Å². The fourth-order valence-corrected chi connectivity index (χ4v) is 2.43.